The first-order valence-corrected chi connectivity index (χ1v) is 7.77. The van der Waals surface area contributed by atoms with E-state index in [2.05, 4.69) is 5.32 Å². The highest BCUT2D eigenvalue weighted by Gasteiger charge is 2.31. The molecule has 1 unspecified atom stereocenters. The maximum absolute atomic E-state index is 12.7. The zero-order chi connectivity index (χ0) is 16.1. The van der Waals surface area contributed by atoms with Crippen molar-refractivity contribution in [3.8, 4) is 0 Å². The quantitative estimate of drug-likeness (QED) is 0.858. The molecule has 0 aromatic carbocycles. The number of amides is 2. The molecule has 1 aromatic rings. The van der Waals surface area contributed by atoms with Gasteiger partial charge in [-0.15, -0.1) is 0 Å². The van der Waals surface area contributed by atoms with E-state index in [9.17, 15) is 9.59 Å². The first-order valence-electron chi connectivity index (χ1n) is 7.77. The van der Waals surface area contributed by atoms with Crippen LogP contribution in [0.4, 0.5) is 0 Å². The van der Waals surface area contributed by atoms with Crippen molar-refractivity contribution >= 4 is 11.8 Å². The Labute approximate surface area is 130 Å². The minimum atomic E-state index is -0.566. The van der Waals surface area contributed by atoms with Crippen LogP contribution >= 0.6 is 0 Å². The van der Waals surface area contributed by atoms with Gasteiger partial charge in [0.1, 0.15) is 6.04 Å². The van der Waals surface area contributed by atoms with Gasteiger partial charge in [0.2, 0.25) is 5.91 Å². The third-order valence-corrected chi connectivity index (χ3v) is 4.15. The number of hydrogen-bond donors (Lipinski definition) is 2. The summed E-state index contributed by atoms with van der Waals surface area (Å²) in [6.07, 6.45) is 3.04. The minimum absolute atomic E-state index is 0.0121. The number of carbonyl (C=O) groups excluding carboxylic acids is 2. The number of carbonyl (C=O) groups is 2. The second kappa shape index (κ2) is 7.45. The van der Waals surface area contributed by atoms with Crippen LogP contribution in [0.15, 0.2) is 22.8 Å². The molecule has 1 atom stereocenters. The molecular weight excluding hydrogens is 284 g/mol. The lowest BCUT2D eigenvalue weighted by Gasteiger charge is -2.34. The highest BCUT2D eigenvalue weighted by atomic mass is 16.3. The molecule has 6 heteroatoms. The van der Waals surface area contributed by atoms with E-state index in [-0.39, 0.29) is 36.0 Å². The van der Waals surface area contributed by atoms with Crippen LogP contribution in [0.2, 0.25) is 0 Å². The van der Waals surface area contributed by atoms with Crippen LogP contribution in [0.1, 0.15) is 37.2 Å². The first kappa shape index (κ1) is 16.5. The molecular formula is C16H24N2O4. The molecule has 0 bridgehead atoms. The van der Waals surface area contributed by atoms with Crippen molar-refractivity contribution < 1.29 is 19.1 Å². The molecule has 22 heavy (non-hydrogen) atoms. The SMILES string of the molecule is CC(C)C(NC(=O)c1ccco1)C(=O)N1CCC(CO)CC1. The molecule has 0 radical (unpaired) electrons. The summed E-state index contributed by atoms with van der Waals surface area (Å²) >= 11 is 0. The van der Waals surface area contributed by atoms with E-state index in [1.54, 1.807) is 17.0 Å². The summed E-state index contributed by atoms with van der Waals surface area (Å²) in [5, 5.41) is 11.9. The predicted octanol–water partition coefficient (Wildman–Crippen LogP) is 1.26. The third kappa shape index (κ3) is 3.88. The molecule has 122 valence electrons. The number of rotatable bonds is 5. The van der Waals surface area contributed by atoms with Gasteiger partial charge in [0.05, 0.1) is 6.26 Å². The van der Waals surface area contributed by atoms with Crippen LogP contribution in [0, 0.1) is 11.8 Å². The summed E-state index contributed by atoms with van der Waals surface area (Å²) in [7, 11) is 0. The van der Waals surface area contributed by atoms with Gasteiger partial charge in [-0.3, -0.25) is 9.59 Å². The van der Waals surface area contributed by atoms with Gasteiger partial charge in [-0.05, 0) is 36.8 Å². The molecule has 1 aromatic heterocycles. The highest BCUT2D eigenvalue weighted by molar-refractivity contribution is 5.95. The summed E-state index contributed by atoms with van der Waals surface area (Å²) < 4.78 is 5.07. The van der Waals surface area contributed by atoms with Crippen molar-refractivity contribution in [2.24, 2.45) is 11.8 Å². The number of furan rings is 1. The summed E-state index contributed by atoms with van der Waals surface area (Å²) in [5.41, 5.74) is 0. The number of nitrogens with one attached hydrogen (secondary N) is 1. The van der Waals surface area contributed by atoms with Crippen molar-refractivity contribution in [3.63, 3.8) is 0 Å². The van der Waals surface area contributed by atoms with Gasteiger partial charge in [0.15, 0.2) is 5.76 Å². The topological polar surface area (TPSA) is 82.8 Å². The highest BCUT2D eigenvalue weighted by Crippen LogP contribution is 2.18. The van der Waals surface area contributed by atoms with Gasteiger partial charge in [-0.2, -0.15) is 0 Å². The molecule has 0 spiro atoms. The fourth-order valence-corrected chi connectivity index (χ4v) is 2.67. The van der Waals surface area contributed by atoms with E-state index in [1.165, 1.54) is 6.26 Å². The first-order chi connectivity index (χ1) is 10.5. The van der Waals surface area contributed by atoms with Gasteiger partial charge in [-0.25, -0.2) is 0 Å². The molecule has 2 heterocycles. The van der Waals surface area contributed by atoms with E-state index in [1.807, 2.05) is 13.8 Å². The largest absolute Gasteiger partial charge is 0.459 e. The molecule has 2 N–H and O–H groups in total. The fraction of sp³-hybridized carbons (Fsp3) is 0.625. The Kier molecular flexibility index (Phi) is 5.60. The lowest BCUT2D eigenvalue weighted by Crippen LogP contribution is -2.53. The average molecular weight is 308 g/mol. The second-order valence-electron chi connectivity index (χ2n) is 6.12. The maximum Gasteiger partial charge on any atom is 0.287 e. The molecule has 2 rings (SSSR count). The van der Waals surface area contributed by atoms with Crippen molar-refractivity contribution in [2.45, 2.75) is 32.7 Å². The van der Waals surface area contributed by atoms with E-state index in [4.69, 9.17) is 9.52 Å². The number of aliphatic hydroxyl groups is 1. The van der Waals surface area contributed by atoms with Gasteiger partial charge in [0.25, 0.3) is 5.91 Å². The van der Waals surface area contributed by atoms with Crippen molar-refractivity contribution in [1.82, 2.24) is 10.2 Å². The zero-order valence-electron chi connectivity index (χ0n) is 13.1. The minimum Gasteiger partial charge on any atom is -0.459 e. The summed E-state index contributed by atoms with van der Waals surface area (Å²) in [4.78, 5) is 26.5. The van der Waals surface area contributed by atoms with Crippen LogP contribution in [0.3, 0.4) is 0 Å². The number of hydrogen-bond acceptors (Lipinski definition) is 4. The Balaban J connectivity index is 1.98. The Bertz CT molecular complexity index is 490. The third-order valence-electron chi connectivity index (χ3n) is 4.15. The number of likely N-dealkylation sites (tertiary alicyclic amines) is 1. The van der Waals surface area contributed by atoms with Crippen molar-refractivity contribution in [3.05, 3.63) is 24.2 Å². The molecule has 6 nitrogen and oxygen atoms in total. The molecule has 1 fully saturated rings. The molecule has 0 aliphatic carbocycles. The smallest absolute Gasteiger partial charge is 0.287 e. The number of piperidine rings is 1. The molecule has 1 saturated heterocycles. The standard InChI is InChI=1S/C16H24N2O4/c1-11(2)14(17-15(20)13-4-3-9-22-13)16(21)18-7-5-12(10-19)6-8-18/h3-4,9,11-12,14,19H,5-8,10H2,1-2H3,(H,17,20). The van der Waals surface area contributed by atoms with Crippen molar-refractivity contribution in [2.75, 3.05) is 19.7 Å². The summed E-state index contributed by atoms with van der Waals surface area (Å²) in [5.74, 6) is 0.0345. The van der Waals surface area contributed by atoms with Crippen LogP contribution < -0.4 is 5.32 Å². The second-order valence-corrected chi connectivity index (χ2v) is 6.12. The van der Waals surface area contributed by atoms with Gasteiger partial charge >= 0.3 is 0 Å². The normalized spacial score (nSPS) is 17.5. The summed E-state index contributed by atoms with van der Waals surface area (Å²) in [6.45, 7) is 5.25. The molecule has 1 aliphatic heterocycles. The van der Waals surface area contributed by atoms with Gasteiger partial charge in [0, 0.05) is 19.7 Å². The van der Waals surface area contributed by atoms with E-state index < -0.39 is 6.04 Å². The van der Waals surface area contributed by atoms with Crippen molar-refractivity contribution in [1.29, 1.82) is 0 Å². The predicted molar refractivity (Wildman–Crippen MR) is 81.2 cm³/mol. The number of aliphatic hydroxyl groups excluding tert-OH is 1. The van der Waals surface area contributed by atoms with Gasteiger partial charge < -0.3 is 19.7 Å². The van der Waals surface area contributed by atoms with Crippen LogP contribution in [-0.2, 0) is 4.79 Å². The maximum atomic E-state index is 12.7. The Morgan fingerprint density at radius 3 is 2.59 bits per heavy atom. The van der Waals surface area contributed by atoms with Gasteiger partial charge in [-0.1, -0.05) is 13.8 Å². The summed E-state index contributed by atoms with van der Waals surface area (Å²) in [6, 6.07) is 2.65. The molecule has 1 aliphatic rings. The Morgan fingerprint density at radius 1 is 1.41 bits per heavy atom. The molecule has 0 saturated carbocycles. The van der Waals surface area contributed by atoms with E-state index >= 15 is 0 Å². The van der Waals surface area contributed by atoms with E-state index in [0.717, 1.165) is 12.8 Å². The lowest BCUT2D eigenvalue weighted by atomic mass is 9.95. The van der Waals surface area contributed by atoms with Crippen LogP contribution in [-0.4, -0.2) is 47.6 Å². The van der Waals surface area contributed by atoms with Crippen LogP contribution in [0.25, 0.3) is 0 Å². The monoisotopic (exact) mass is 308 g/mol. The Morgan fingerprint density at radius 2 is 2.09 bits per heavy atom. The molecule has 2 amide bonds. The number of nitrogens with zero attached hydrogens (tertiary/aromatic N) is 1. The zero-order valence-corrected chi connectivity index (χ0v) is 13.1. The fourth-order valence-electron chi connectivity index (χ4n) is 2.67. The van der Waals surface area contributed by atoms with E-state index in [0.29, 0.717) is 13.1 Å². The Hall–Kier alpha value is -1.82. The lowest BCUT2D eigenvalue weighted by molar-refractivity contribution is -0.136. The van der Waals surface area contributed by atoms with Crippen LogP contribution in [0.5, 0.6) is 0 Å². The average Bonchev–Trinajstić information content (AvgIpc) is 3.06.